The van der Waals surface area contributed by atoms with Gasteiger partial charge in [-0.15, -0.1) is 0 Å². The van der Waals surface area contributed by atoms with Crippen LogP contribution in [-0.2, 0) is 12.4 Å². The largest absolute Gasteiger partial charge is 0.422 e. The molecule has 3 aromatic carbocycles. The van der Waals surface area contributed by atoms with Crippen molar-refractivity contribution in [2.24, 2.45) is 0 Å². The molecular weight excluding hydrogens is 470 g/mol. The summed E-state index contributed by atoms with van der Waals surface area (Å²) < 4.78 is 88.5. The second kappa shape index (κ2) is 8.96. The normalized spacial score (nSPS) is 11.7. The number of halogens is 6. The van der Waals surface area contributed by atoms with Crippen LogP contribution >= 0.6 is 0 Å². The molecule has 0 aliphatic carbocycles. The number of hydrogen-bond donors (Lipinski definition) is 2. The van der Waals surface area contributed by atoms with Crippen LogP contribution in [0.25, 0.3) is 0 Å². The van der Waals surface area contributed by atoms with Crippen LogP contribution in [0.15, 0.2) is 60.7 Å². The summed E-state index contributed by atoms with van der Waals surface area (Å²) in [5.74, 6) is -3.91. The van der Waals surface area contributed by atoms with E-state index in [1.165, 1.54) is 0 Å². The number of carbonyl (C=O) groups is 2. The smallest absolute Gasteiger partial charge is 0.420 e. The van der Waals surface area contributed by atoms with Gasteiger partial charge < -0.3 is 20.9 Å². The lowest BCUT2D eigenvalue weighted by Crippen LogP contribution is -2.15. The third-order valence-electron chi connectivity index (χ3n) is 4.38. The van der Waals surface area contributed by atoms with Gasteiger partial charge in [-0.3, -0.25) is 0 Å². The maximum atomic E-state index is 13.2. The molecule has 0 atom stereocenters. The SMILES string of the molecule is Nc1ccc(OC(=O)c2ccc(C(=O)Oc3ccc(N)cc3C(F)(F)F)cc2)c(C(F)(F)F)c1. The zero-order valence-electron chi connectivity index (χ0n) is 16.8. The predicted molar refractivity (Wildman–Crippen MR) is 108 cm³/mol. The van der Waals surface area contributed by atoms with Crippen molar-refractivity contribution in [3.63, 3.8) is 0 Å². The van der Waals surface area contributed by atoms with Crippen molar-refractivity contribution in [1.82, 2.24) is 0 Å². The van der Waals surface area contributed by atoms with E-state index in [-0.39, 0.29) is 22.5 Å². The molecule has 6 nitrogen and oxygen atoms in total. The lowest BCUT2D eigenvalue weighted by atomic mass is 10.1. The number of nitrogens with two attached hydrogens (primary N) is 2. The van der Waals surface area contributed by atoms with Gasteiger partial charge in [-0.1, -0.05) is 0 Å². The van der Waals surface area contributed by atoms with Gasteiger partial charge in [0.2, 0.25) is 0 Å². The summed E-state index contributed by atoms with van der Waals surface area (Å²) in [7, 11) is 0. The molecule has 0 saturated carbocycles. The van der Waals surface area contributed by atoms with E-state index in [1.807, 2.05) is 0 Å². The zero-order valence-corrected chi connectivity index (χ0v) is 16.8. The van der Waals surface area contributed by atoms with E-state index >= 15 is 0 Å². The highest BCUT2D eigenvalue weighted by Crippen LogP contribution is 2.38. The number of carbonyl (C=O) groups excluding carboxylic acids is 2. The monoisotopic (exact) mass is 484 g/mol. The zero-order chi connectivity index (χ0) is 25.3. The van der Waals surface area contributed by atoms with Gasteiger partial charge in [0.15, 0.2) is 0 Å². The Bertz CT molecular complexity index is 1140. The molecule has 0 heterocycles. The van der Waals surface area contributed by atoms with Crippen molar-refractivity contribution in [3.05, 3.63) is 82.9 Å². The first-order chi connectivity index (χ1) is 15.8. The van der Waals surface area contributed by atoms with Gasteiger partial charge in [-0.2, -0.15) is 26.3 Å². The summed E-state index contributed by atoms with van der Waals surface area (Å²) in [6, 6.07) is 9.36. The molecule has 3 aromatic rings. The lowest BCUT2D eigenvalue weighted by Gasteiger charge is -2.14. The van der Waals surface area contributed by atoms with Crippen LogP contribution < -0.4 is 20.9 Å². The molecule has 0 unspecified atom stereocenters. The number of benzene rings is 3. The molecule has 0 amide bonds. The standard InChI is InChI=1S/C22H14F6N2O4/c23-21(24,25)15-9-13(29)5-7-17(15)33-19(31)11-1-2-12(4-3-11)20(32)34-18-8-6-14(30)10-16(18)22(26,27)28/h1-10H,29-30H2. The number of alkyl halides is 6. The first-order valence-electron chi connectivity index (χ1n) is 9.23. The maximum absolute atomic E-state index is 13.2. The molecule has 3 rings (SSSR count). The number of hydrogen-bond acceptors (Lipinski definition) is 6. The van der Waals surface area contributed by atoms with Gasteiger partial charge in [0.1, 0.15) is 22.6 Å². The molecule has 0 aromatic heterocycles. The molecule has 0 bridgehead atoms. The molecule has 0 spiro atoms. The minimum Gasteiger partial charge on any atom is -0.422 e. The van der Waals surface area contributed by atoms with Gasteiger partial charge in [0.05, 0.1) is 11.1 Å². The molecule has 0 saturated heterocycles. The second-order valence-corrected chi connectivity index (χ2v) is 6.86. The predicted octanol–water partition coefficient (Wildman–Crippen LogP) is 5.33. The maximum Gasteiger partial charge on any atom is 0.420 e. The Labute approximate surface area is 187 Å². The van der Waals surface area contributed by atoms with Crippen LogP contribution in [0.3, 0.4) is 0 Å². The lowest BCUT2D eigenvalue weighted by molar-refractivity contribution is -0.139. The quantitative estimate of drug-likeness (QED) is 0.225. The average Bonchev–Trinajstić information content (AvgIpc) is 2.74. The van der Waals surface area contributed by atoms with E-state index < -0.39 is 46.9 Å². The molecular formula is C22H14F6N2O4. The van der Waals surface area contributed by atoms with Crippen molar-refractivity contribution in [3.8, 4) is 11.5 Å². The number of anilines is 2. The molecule has 0 aliphatic rings. The summed E-state index contributed by atoms with van der Waals surface area (Å²) in [6.45, 7) is 0. The van der Waals surface area contributed by atoms with Crippen molar-refractivity contribution in [2.75, 3.05) is 11.5 Å². The van der Waals surface area contributed by atoms with Crippen LogP contribution in [0.4, 0.5) is 37.7 Å². The molecule has 0 fully saturated rings. The fourth-order valence-corrected chi connectivity index (χ4v) is 2.78. The topological polar surface area (TPSA) is 105 Å². The van der Waals surface area contributed by atoms with Crippen molar-refractivity contribution in [1.29, 1.82) is 0 Å². The summed E-state index contributed by atoms with van der Waals surface area (Å²) in [5, 5.41) is 0. The Hall–Kier alpha value is -4.22. The molecule has 178 valence electrons. The van der Waals surface area contributed by atoms with Gasteiger partial charge >= 0.3 is 24.3 Å². The first kappa shape index (κ1) is 24.4. The van der Waals surface area contributed by atoms with Gasteiger partial charge in [-0.05, 0) is 60.7 Å². The molecule has 0 aliphatic heterocycles. The van der Waals surface area contributed by atoms with E-state index in [4.69, 9.17) is 20.9 Å². The van der Waals surface area contributed by atoms with Crippen LogP contribution in [-0.4, -0.2) is 11.9 Å². The van der Waals surface area contributed by atoms with Crippen LogP contribution in [0.2, 0.25) is 0 Å². The minimum atomic E-state index is -4.84. The van der Waals surface area contributed by atoms with E-state index in [0.717, 1.165) is 48.5 Å². The second-order valence-electron chi connectivity index (χ2n) is 6.86. The number of esters is 2. The summed E-state index contributed by atoms with van der Waals surface area (Å²) >= 11 is 0. The Morgan fingerprint density at radius 1 is 0.588 bits per heavy atom. The Morgan fingerprint density at radius 2 is 0.912 bits per heavy atom. The van der Waals surface area contributed by atoms with Crippen LogP contribution in [0.1, 0.15) is 31.8 Å². The Morgan fingerprint density at radius 3 is 1.21 bits per heavy atom. The summed E-state index contributed by atoms with van der Waals surface area (Å²) in [6.07, 6.45) is -9.67. The fourth-order valence-electron chi connectivity index (χ4n) is 2.78. The van der Waals surface area contributed by atoms with E-state index in [2.05, 4.69) is 0 Å². The number of nitrogen functional groups attached to an aromatic ring is 2. The van der Waals surface area contributed by atoms with Gasteiger partial charge in [-0.25, -0.2) is 9.59 Å². The summed E-state index contributed by atoms with van der Waals surface area (Å²) in [5.41, 5.74) is 7.35. The van der Waals surface area contributed by atoms with E-state index in [9.17, 15) is 35.9 Å². The Balaban J connectivity index is 1.78. The number of rotatable bonds is 4. The highest BCUT2D eigenvalue weighted by atomic mass is 19.4. The summed E-state index contributed by atoms with van der Waals surface area (Å²) in [4.78, 5) is 24.5. The van der Waals surface area contributed by atoms with Gasteiger partial charge in [0, 0.05) is 11.4 Å². The van der Waals surface area contributed by atoms with Crippen LogP contribution in [0.5, 0.6) is 11.5 Å². The molecule has 0 radical (unpaired) electrons. The average molecular weight is 484 g/mol. The van der Waals surface area contributed by atoms with E-state index in [0.29, 0.717) is 12.1 Å². The van der Waals surface area contributed by atoms with E-state index in [1.54, 1.807) is 0 Å². The first-order valence-corrected chi connectivity index (χ1v) is 9.23. The molecule has 12 heteroatoms. The van der Waals surface area contributed by atoms with Crippen LogP contribution in [0, 0.1) is 0 Å². The third kappa shape index (κ3) is 5.57. The highest BCUT2D eigenvalue weighted by Gasteiger charge is 2.36. The molecule has 4 N–H and O–H groups in total. The fraction of sp³-hybridized carbons (Fsp3) is 0.0909. The number of ether oxygens (including phenoxy) is 2. The van der Waals surface area contributed by atoms with Gasteiger partial charge in [0.25, 0.3) is 0 Å². The van der Waals surface area contributed by atoms with Crippen molar-refractivity contribution in [2.45, 2.75) is 12.4 Å². The highest BCUT2D eigenvalue weighted by molar-refractivity contribution is 5.95. The third-order valence-corrected chi connectivity index (χ3v) is 4.38. The van der Waals surface area contributed by atoms with Crippen molar-refractivity contribution < 1.29 is 45.4 Å². The van der Waals surface area contributed by atoms with Crippen molar-refractivity contribution >= 4 is 23.3 Å². The Kier molecular flexibility index (Phi) is 6.44. The molecule has 34 heavy (non-hydrogen) atoms. The minimum absolute atomic E-state index is 0.190.